The number of carboxylic acid groups (broad SMARTS) is 1. The molecule has 1 fully saturated rings. The van der Waals surface area contributed by atoms with Gasteiger partial charge >= 0.3 is 5.97 Å². The number of hydrogen-bond donors (Lipinski definition) is 1. The van der Waals surface area contributed by atoms with Gasteiger partial charge in [-0.05, 0) is 42.8 Å². The Morgan fingerprint density at radius 3 is 2.67 bits per heavy atom. The molecule has 0 bridgehead atoms. The first-order chi connectivity index (χ1) is 12.9. The number of thiocarbonyl (C=S) groups is 1. The number of nitrogens with zero attached hydrogens (tertiary/aromatic N) is 1. The second kappa shape index (κ2) is 8.06. The lowest BCUT2D eigenvalue weighted by atomic mass is 10.1. The smallest absolute Gasteiger partial charge is 0.326 e. The number of halogens is 1. The van der Waals surface area contributed by atoms with Gasteiger partial charge in [0.1, 0.15) is 27.7 Å². The Morgan fingerprint density at radius 2 is 2.04 bits per heavy atom. The van der Waals surface area contributed by atoms with Crippen LogP contribution in [0.3, 0.4) is 0 Å². The minimum Gasteiger partial charge on any atom is -0.480 e. The first kappa shape index (κ1) is 19.3. The molecule has 5 nitrogen and oxygen atoms in total. The second-order valence-corrected chi connectivity index (χ2v) is 7.58. The van der Waals surface area contributed by atoms with Crippen LogP contribution in [-0.4, -0.2) is 32.2 Å². The number of thioether (sulfide) groups is 1. The molecule has 1 aromatic heterocycles. The molecule has 1 unspecified atom stereocenters. The van der Waals surface area contributed by atoms with Crippen molar-refractivity contribution in [1.82, 2.24) is 4.90 Å². The van der Waals surface area contributed by atoms with Crippen LogP contribution in [0.2, 0.25) is 0 Å². The molecule has 1 atom stereocenters. The summed E-state index contributed by atoms with van der Waals surface area (Å²) < 4.78 is 19.0. The third kappa shape index (κ3) is 4.12. The van der Waals surface area contributed by atoms with Crippen LogP contribution in [0.1, 0.15) is 25.5 Å². The molecule has 2 heterocycles. The highest BCUT2D eigenvalue weighted by molar-refractivity contribution is 8.26. The molecule has 0 aliphatic carbocycles. The number of carbonyl (C=O) groups is 2. The van der Waals surface area contributed by atoms with Crippen molar-refractivity contribution in [3.8, 4) is 11.3 Å². The Bertz CT molecular complexity index is 920. The maximum absolute atomic E-state index is 13.0. The van der Waals surface area contributed by atoms with Crippen molar-refractivity contribution in [2.45, 2.75) is 25.8 Å². The highest BCUT2D eigenvalue weighted by Crippen LogP contribution is 2.35. The van der Waals surface area contributed by atoms with Gasteiger partial charge in [0.05, 0.1) is 4.91 Å². The van der Waals surface area contributed by atoms with Crippen LogP contribution < -0.4 is 0 Å². The molecule has 1 aliphatic heterocycles. The van der Waals surface area contributed by atoms with E-state index in [9.17, 15) is 19.1 Å². The molecule has 1 saturated heterocycles. The van der Waals surface area contributed by atoms with Crippen molar-refractivity contribution < 1.29 is 23.5 Å². The SMILES string of the molecule is CCCC(C(=O)O)N1C(=O)/C(=C\c2ccc(-c3ccc(F)cc3)o2)SC1=S. The van der Waals surface area contributed by atoms with Crippen molar-refractivity contribution in [2.75, 3.05) is 0 Å². The van der Waals surface area contributed by atoms with Crippen LogP contribution in [-0.2, 0) is 9.59 Å². The lowest BCUT2D eigenvalue weighted by Gasteiger charge is -2.22. The number of carbonyl (C=O) groups excluding carboxylic acids is 1. The highest BCUT2D eigenvalue weighted by atomic mass is 32.2. The predicted molar refractivity (Wildman–Crippen MR) is 105 cm³/mol. The van der Waals surface area contributed by atoms with E-state index in [-0.39, 0.29) is 10.1 Å². The van der Waals surface area contributed by atoms with Crippen molar-refractivity contribution in [3.63, 3.8) is 0 Å². The monoisotopic (exact) mass is 405 g/mol. The van der Waals surface area contributed by atoms with Gasteiger partial charge in [0.2, 0.25) is 0 Å². The van der Waals surface area contributed by atoms with Crippen LogP contribution in [0.4, 0.5) is 4.39 Å². The van der Waals surface area contributed by atoms with Crippen LogP contribution in [0.25, 0.3) is 17.4 Å². The van der Waals surface area contributed by atoms with Gasteiger partial charge in [0, 0.05) is 11.6 Å². The lowest BCUT2D eigenvalue weighted by molar-refractivity contribution is -0.145. The fourth-order valence-electron chi connectivity index (χ4n) is 2.71. The Balaban J connectivity index is 1.84. The maximum atomic E-state index is 13.0. The van der Waals surface area contributed by atoms with Crippen molar-refractivity contribution in [1.29, 1.82) is 0 Å². The van der Waals surface area contributed by atoms with Crippen molar-refractivity contribution in [3.05, 3.63) is 52.9 Å². The molecule has 8 heteroatoms. The molecule has 0 spiro atoms. The summed E-state index contributed by atoms with van der Waals surface area (Å²) in [4.78, 5) is 25.6. The first-order valence-electron chi connectivity index (χ1n) is 8.26. The fraction of sp³-hybridized carbons (Fsp3) is 0.211. The van der Waals surface area contributed by atoms with E-state index >= 15 is 0 Å². The largest absolute Gasteiger partial charge is 0.480 e. The molecule has 1 aliphatic rings. The summed E-state index contributed by atoms with van der Waals surface area (Å²) in [5.74, 6) is -0.894. The number of rotatable bonds is 6. The maximum Gasteiger partial charge on any atom is 0.326 e. The van der Waals surface area contributed by atoms with Crippen molar-refractivity contribution >= 4 is 46.3 Å². The summed E-state index contributed by atoms with van der Waals surface area (Å²) in [5.41, 5.74) is 0.706. The molecule has 3 rings (SSSR count). The third-order valence-electron chi connectivity index (χ3n) is 4.01. The summed E-state index contributed by atoms with van der Waals surface area (Å²) in [6, 6.07) is 8.30. The second-order valence-electron chi connectivity index (χ2n) is 5.90. The minimum atomic E-state index is -1.08. The number of hydrogen-bond acceptors (Lipinski definition) is 5. The van der Waals surface area contributed by atoms with Gasteiger partial charge in [0.25, 0.3) is 5.91 Å². The summed E-state index contributed by atoms with van der Waals surface area (Å²) in [7, 11) is 0. The molecule has 1 N–H and O–H groups in total. The van der Waals surface area contributed by atoms with Crippen LogP contribution in [0, 0.1) is 5.82 Å². The molecule has 140 valence electrons. The molecular formula is C19H16FNO4S2. The van der Waals surface area contributed by atoms with Gasteiger partial charge < -0.3 is 9.52 Å². The molecule has 1 aromatic carbocycles. The Labute approximate surface area is 164 Å². The standard InChI is InChI=1S/C19H16FNO4S2/c1-2-3-14(18(23)24)21-17(22)16(27-19(21)26)10-13-8-9-15(25-13)11-4-6-12(20)7-5-11/h4-10,14H,2-3H2,1H3,(H,23,24)/b16-10+. The normalized spacial score (nSPS) is 17.0. The molecule has 1 amide bonds. The summed E-state index contributed by atoms with van der Waals surface area (Å²) in [6.07, 6.45) is 2.48. The number of furan rings is 1. The Hall–Kier alpha value is -2.45. The van der Waals surface area contributed by atoms with Gasteiger partial charge in [-0.2, -0.15) is 0 Å². The van der Waals surface area contributed by atoms with E-state index < -0.39 is 17.9 Å². The predicted octanol–water partition coefficient (Wildman–Crippen LogP) is 4.54. The van der Waals surface area contributed by atoms with E-state index in [4.69, 9.17) is 16.6 Å². The van der Waals surface area contributed by atoms with E-state index in [1.165, 1.54) is 18.2 Å². The third-order valence-corrected chi connectivity index (χ3v) is 5.34. The van der Waals surface area contributed by atoms with E-state index in [2.05, 4.69) is 0 Å². The van der Waals surface area contributed by atoms with Crippen molar-refractivity contribution in [2.24, 2.45) is 0 Å². The number of carboxylic acids is 1. The molecule has 27 heavy (non-hydrogen) atoms. The van der Waals surface area contributed by atoms with Gasteiger partial charge in [-0.1, -0.05) is 37.3 Å². The summed E-state index contributed by atoms with van der Waals surface area (Å²) in [5, 5.41) is 9.40. The average molecular weight is 405 g/mol. The lowest BCUT2D eigenvalue weighted by Crippen LogP contribution is -2.43. The van der Waals surface area contributed by atoms with Crippen LogP contribution in [0.5, 0.6) is 0 Å². The van der Waals surface area contributed by atoms with E-state index in [1.807, 2.05) is 6.92 Å². The average Bonchev–Trinajstić information content (AvgIpc) is 3.19. The fourth-order valence-corrected chi connectivity index (χ4v) is 4.05. The zero-order valence-electron chi connectivity index (χ0n) is 14.3. The number of amides is 1. The minimum absolute atomic E-state index is 0.220. The highest BCUT2D eigenvalue weighted by Gasteiger charge is 2.40. The molecular weight excluding hydrogens is 389 g/mol. The topological polar surface area (TPSA) is 70.8 Å². The van der Waals surface area contributed by atoms with Gasteiger partial charge in [-0.3, -0.25) is 9.69 Å². The molecule has 0 radical (unpaired) electrons. The van der Waals surface area contributed by atoms with E-state index in [0.29, 0.717) is 34.8 Å². The van der Waals surface area contributed by atoms with Gasteiger partial charge in [-0.25, -0.2) is 9.18 Å². The van der Waals surface area contributed by atoms with Crippen LogP contribution in [0.15, 0.2) is 45.7 Å². The molecule has 2 aromatic rings. The zero-order valence-corrected chi connectivity index (χ0v) is 16.0. The molecule has 0 saturated carbocycles. The van der Waals surface area contributed by atoms with Gasteiger partial charge in [0.15, 0.2) is 0 Å². The number of benzene rings is 1. The number of aliphatic carboxylic acids is 1. The quantitative estimate of drug-likeness (QED) is 0.562. The van der Waals surface area contributed by atoms with Gasteiger partial charge in [-0.15, -0.1) is 0 Å². The Morgan fingerprint density at radius 1 is 1.33 bits per heavy atom. The van der Waals surface area contributed by atoms with Crippen LogP contribution >= 0.6 is 24.0 Å². The summed E-state index contributed by atoms with van der Waals surface area (Å²) >= 11 is 6.26. The Kier molecular flexibility index (Phi) is 5.76. The van der Waals surface area contributed by atoms with E-state index in [0.717, 1.165) is 16.7 Å². The van der Waals surface area contributed by atoms with E-state index in [1.54, 1.807) is 24.3 Å². The first-order valence-corrected chi connectivity index (χ1v) is 9.49. The summed E-state index contributed by atoms with van der Waals surface area (Å²) in [6.45, 7) is 1.85. The zero-order chi connectivity index (χ0) is 19.6.